The molecule has 0 bridgehead atoms. The number of urea groups is 1. The lowest BCUT2D eigenvalue weighted by Gasteiger charge is -2.21. The Morgan fingerprint density at radius 3 is 2.43 bits per heavy atom. The summed E-state index contributed by atoms with van der Waals surface area (Å²) in [7, 11) is 0. The minimum absolute atomic E-state index is 0.103. The molecule has 0 radical (unpaired) electrons. The monoisotopic (exact) mass is 314 g/mol. The number of benzene rings is 1. The molecule has 0 N–H and O–H groups in total. The lowest BCUT2D eigenvalue weighted by Crippen LogP contribution is -2.35. The van der Waals surface area contributed by atoms with E-state index in [2.05, 4.69) is 10.1 Å². The highest BCUT2D eigenvalue weighted by Gasteiger charge is 2.47. The van der Waals surface area contributed by atoms with Crippen LogP contribution in [0.5, 0.6) is 0 Å². The van der Waals surface area contributed by atoms with E-state index in [0.29, 0.717) is 5.82 Å². The molecule has 118 valence electrons. The topological polar surface area (TPSA) is 96.6 Å². The van der Waals surface area contributed by atoms with Crippen LogP contribution >= 0.6 is 0 Å². The third kappa shape index (κ3) is 2.59. The van der Waals surface area contributed by atoms with Crippen LogP contribution in [0.25, 0.3) is 0 Å². The van der Waals surface area contributed by atoms with Gasteiger partial charge < -0.3 is 4.52 Å². The Labute approximate surface area is 131 Å². The summed E-state index contributed by atoms with van der Waals surface area (Å²) < 4.78 is 4.90. The van der Waals surface area contributed by atoms with Crippen LogP contribution in [0.1, 0.15) is 30.2 Å². The fraction of sp³-hybridized carbons (Fsp3) is 0.267. The number of aromatic nitrogens is 2. The predicted molar refractivity (Wildman–Crippen MR) is 76.7 cm³/mol. The Kier molecular flexibility index (Phi) is 3.65. The van der Waals surface area contributed by atoms with Crippen molar-refractivity contribution >= 4 is 17.8 Å². The van der Waals surface area contributed by atoms with Crippen molar-refractivity contribution in [2.24, 2.45) is 0 Å². The van der Waals surface area contributed by atoms with Gasteiger partial charge in [0.05, 0.1) is 6.04 Å². The number of nitrogens with zero attached hydrogens (tertiary/aromatic N) is 4. The zero-order valence-corrected chi connectivity index (χ0v) is 12.6. The molecule has 1 aromatic heterocycles. The highest BCUT2D eigenvalue weighted by Crippen LogP contribution is 2.26. The van der Waals surface area contributed by atoms with Gasteiger partial charge in [0.1, 0.15) is 6.54 Å². The average Bonchev–Trinajstić information content (AvgIpc) is 3.05. The van der Waals surface area contributed by atoms with Gasteiger partial charge >= 0.3 is 17.8 Å². The maximum Gasteiger partial charge on any atom is 0.335 e. The molecule has 1 unspecified atom stereocenters. The smallest absolute Gasteiger partial charge is 0.335 e. The zero-order chi connectivity index (χ0) is 16.6. The molecule has 2 heterocycles. The molecule has 4 amide bonds. The Morgan fingerprint density at radius 2 is 1.83 bits per heavy atom. The van der Waals surface area contributed by atoms with E-state index >= 15 is 0 Å². The average molecular weight is 314 g/mol. The number of hydrogen-bond acceptors (Lipinski definition) is 6. The van der Waals surface area contributed by atoms with Gasteiger partial charge in [-0.2, -0.15) is 4.98 Å². The van der Waals surface area contributed by atoms with Gasteiger partial charge in [0.25, 0.3) is 0 Å². The lowest BCUT2D eigenvalue weighted by molar-refractivity contribution is -0.144. The first-order valence-corrected chi connectivity index (χ1v) is 7.02. The maximum absolute atomic E-state index is 12.5. The molecule has 2 aromatic rings. The van der Waals surface area contributed by atoms with Gasteiger partial charge in [-0.05, 0) is 19.4 Å². The Bertz CT molecular complexity index is 771. The minimum atomic E-state index is -0.895. The third-order valence-electron chi connectivity index (χ3n) is 3.62. The van der Waals surface area contributed by atoms with E-state index in [0.717, 1.165) is 15.4 Å². The number of carbonyl (C=O) groups excluding carboxylic acids is 3. The summed E-state index contributed by atoms with van der Waals surface area (Å²) in [6, 6.07) is 7.79. The molecule has 0 spiro atoms. The van der Waals surface area contributed by atoms with Crippen LogP contribution in [0.3, 0.4) is 0 Å². The molecule has 1 saturated heterocycles. The molecule has 23 heavy (non-hydrogen) atoms. The van der Waals surface area contributed by atoms with E-state index in [1.54, 1.807) is 38.1 Å². The predicted octanol–water partition coefficient (Wildman–Crippen LogP) is 1.43. The number of amides is 4. The van der Waals surface area contributed by atoms with E-state index in [9.17, 15) is 14.4 Å². The molecule has 8 nitrogen and oxygen atoms in total. The van der Waals surface area contributed by atoms with E-state index < -0.39 is 23.9 Å². The quantitative estimate of drug-likeness (QED) is 0.625. The molecule has 3 rings (SSSR count). The van der Waals surface area contributed by atoms with E-state index in [1.165, 1.54) is 0 Å². The minimum Gasteiger partial charge on any atom is -0.337 e. The van der Waals surface area contributed by atoms with Crippen molar-refractivity contribution in [1.29, 1.82) is 0 Å². The molecule has 8 heteroatoms. The normalized spacial score (nSPS) is 16.3. The van der Waals surface area contributed by atoms with E-state index in [1.807, 2.05) is 6.07 Å². The fourth-order valence-electron chi connectivity index (χ4n) is 2.42. The van der Waals surface area contributed by atoms with Crippen LogP contribution in [0, 0.1) is 6.92 Å². The molecule has 0 saturated carbocycles. The first-order chi connectivity index (χ1) is 11.0. The summed E-state index contributed by atoms with van der Waals surface area (Å²) in [5.74, 6) is -1.26. The SMILES string of the molecule is Cc1noc(CN2C(=O)C(=O)N(C(C)c3ccccc3)C2=O)n1. The van der Waals surface area contributed by atoms with Crippen LogP contribution in [0.2, 0.25) is 0 Å². The number of carbonyl (C=O) groups is 3. The molecule has 1 aliphatic rings. The molecular weight excluding hydrogens is 300 g/mol. The van der Waals surface area contributed by atoms with Crippen molar-refractivity contribution < 1.29 is 18.9 Å². The molecule has 0 aliphatic carbocycles. The van der Waals surface area contributed by atoms with Crippen LogP contribution in [0.4, 0.5) is 4.79 Å². The van der Waals surface area contributed by atoms with Crippen molar-refractivity contribution in [3.63, 3.8) is 0 Å². The highest BCUT2D eigenvalue weighted by molar-refractivity contribution is 6.44. The lowest BCUT2D eigenvalue weighted by atomic mass is 10.1. The maximum atomic E-state index is 12.5. The molecule has 1 aromatic carbocycles. The van der Waals surface area contributed by atoms with Gasteiger partial charge in [0.2, 0.25) is 5.89 Å². The summed E-state index contributed by atoms with van der Waals surface area (Å²) in [4.78, 5) is 42.5. The standard InChI is InChI=1S/C15H14N4O4/c1-9(11-6-4-3-5-7-11)19-14(21)13(20)18(15(19)22)8-12-16-10(2)17-23-12/h3-7,9H,8H2,1-2H3. The van der Waals surface area contributed by atoms with E-state index in [-0.39, 0.29) is 12.4 Å². The Balaban J connectivity index is 1.85. The Morgan fingerprint density at radius 1 is 1.13 bits per heavy atom. The fourth-order valence-corrected chi connectivity index (χ4v) is 2.42. The van der Waals surface area contributed by atoms with Gasteiger partial charge in [-0.3, -0.25) is 9.59 Å². The zero-order valence-electron chi connectivity index (χ0n) is 12.6. The van der Waals surface area contributed by atoms with Crippen LogP contribution < -0.4 is 0 Å². The van der Waals surface area contributed by atoms with Gasteiger partial charge in [0.15, 0.2) is 5.82 Å². The summed E-state index contributed by atoms with van der Waals surface area (Å²) in [6.07, 6.45) is 0. The van der Waals surface area contributed by atoms with Gasteiger partial charge in [-0.1, -0.05) is 35.5 Å². The van der Waals surface area contributed by atoms with Crippen molar-refractivity contribution in [3.8, 4) is 0 Å². The third-order valence-corrected chi connectivity index (χ3v) is 3.62. The van der Waals surface area contributed by atoms with Gasteiger partial charge in [0, 0.05) is 0 Å². The second-order valence-corrected chi connectivity index (χ2v) is 5.17. The van der Waals surface area contributed by atoms with Crippen LogP contribution in [-0.4, -0.2) is 37.8 Å². The van der Waals surface area contributed by atoms with Crippen molar-refractivity contribution in [2.45, 2.75) is 26.4 Å². The van der Waals surface area contributed by atoms with E-state index in [4.69, 9.17) is 4.52 Å². The summed E-state index contributed by atoms with van der Waals surface area (Å²) in [6.45, 7) is 3.09. The first kappa shape index (κ1) is 14.9. The largest absolute Gasteiger partial charge is 0.337 e. The van der Waals surface area contributed by atoms with Crippen LogP contribution in [-0.2, 0) is 16.1 Å². The molecular formula is C15H14N4O4. The van der Waals surface area contributed by atoms with Crippen molar-refractivity contribution in [3.05, 3.63) is 47.6 Å². The molecule has 1 aliphatic heterocycles. The number of hydrogen-bond donors (Lipinski definition) is 0. The molecule has 1 atom stereocenters. The summed E-state index contributed by atoms with van der Waals surface area (Å²) in [5.41, 5.74) is 0.762. The number of aryl methyl sites for hydroxylation is 1. The number of rotatable bonds is 4. The van der Waals surface area contributed by atoms with Gasteiger partial charge in [-0.25, -0.2) is 14.6 Å². The summed E-state index contributed by atoms with van der Waals surface area (Å²) in [5, 5.41) is 3.60. The van der Waals surface area contributed by atoms with Gasteiger partial charge in [-0.15, -0.1) is 0 Å². The molecule has 1 fully saturated rings. The van der Waals surface area contributed by atoms with Crippen LogP contribution in [0.15, 0.2) is 34.9 Å². The second-order valence-electron chi connectivity index (χ2n) is 5.17. The van der Waals surface area contributed by atoms with Crippen molar-refractivity contribution in [2.75, 3.05) is 0 Å². The highest BCUT2D eigenvalue weighted by atomic mass is 16.5. The van der Waals surface area contributed by atoms with Crippen molar-refractivity contribution in [1.82, 2.24) is 19.9 Å². The second kappa shape index (κ2) is 5.64. The Hall–Kier alpha value is -3.03. The number of imide groups is 2. The summed E-state index contributed by atoms with van der Waals surface area (Å²) >= 11 is 0. The first-order valence-electron chi connectivity index (χ1n) is 7.02.